The van der Waals surface area contributed by atoms with Crippen LogP contribution in [0.5, 0.6) is 11.5 Å². The average Bonchev–Trinajstić information content (AvgIpc) is 2.88. The number of nitrogens with one attached hydrogen (secondary N) is 1. The summed E-state index contributed by atoms with van der Waals surface area (Å²) in [5, 5.41) is 2.83. The van der Waals surface area contributed by atoms with Gasteiger partial charge in [0.25, 0.3) is 5.91 Å². The Morgan fingerprint density at radius 1 is 1.11 bits per heavy atom. The standard InChI is InChI=1S/C27H27N3O5/c1-19-7-2-3-9-24(19)34-17-23(31)20-11-12-25-22(15-20)30(27(33)18-35-25)14-6-10-26(32)29-16-21-8-4-5-13-28-21/h2-5,7-9,11-13,15H,6,10,14,16-18H2,1H3,(H,29,32). The Morgan fingerprint density at radius 3 is 2.74 bits per heavy atom. The number of pyridine rings is 1. The van der Waals surface area contributed by atoms with E-state index in [0.29, 0.717) is 42.3 Å². The van der Waals surface area contributed by atoms with E-state index >= 15 is 0 Å². The minimum absolute atomic E-state index is 0.0808. The molecule has 2 aromatic carbocycles. The van der Waals surface area contributed by atoms with Gasteiger partial charge in [-0.2, -0.15) is 0 Å². The van der Waals surface area contributed by atoms with Crippen LogP contribution in [0, 0.1) is 6.92 Å². The number of amides is 2. The van der Waals surface area contributed by atoms with Gasteiger partial charge < -0.3 is 19.7 Å². The fourth-order valence-electron chi connectivity index (χ4n) is 3.74. The Balaban J connectivity index is 1.35. The van der Waals surface area contributed by atoms with Crippen LogP contribution in [-0.2, 0) is 16.1 Å². The third-order valence-corrected chi connectivity index (χ3v) is 5.65. The molecule has 4 rings (SSSR count). The Kier molecular flexibility index (Phi) is 7.72. The third kappa shape index (κ3) is 6.23. The Morgan fingerprint density at radius 2 is 1.94 bits per heavy atom. The molecule has 0 atom stereocenters. The maximum Gasteiger partial charge on any atom is 0.265 e. The van der Waals surface area contributed by atoms with Crippen LogP contribution >= 0.6 is 0 Å². The van der Waals surface area contributed by atoms with Crippen molar-refractivity contribution in [2.45, 2.75) is 26.3 Å². The fourth-order valence-corrected chi connectivity index (χ4v) is 3.74. The summed E-state index contributed by atoms with van der Waals surface area (Å²) in [5.74, 6) is 0.643. The highest BCUT2D eigenvalue weighted by Gasteiger charge is 2.26. The van der Waals surface area contributed by atoms with Gasteiger partial charge in [-0.25, -0.2) is 0 Å². The third-order valence-electron chi connectivity index (χ3n) is 5.65. The number of aryl methyl sites for hydroxylation is 1. The minimum Gasteiger partial charge on any atom is -0.485 e. The number of nitrogens with zero attached hydrogens (tertiary/aromatic N) is 2. The molecule has 1 N–H and O–H groups in total. The lowest BCUT2D eigenvalue weighted by atomic mass is 10.1. The lowest BCUT2D eigenvalue weighted by Crippen LogP contribution is -2.40. The highest BCUT2D eigenvalue weighted by atomic mass is 16.5. The van der Waals surface area contributed by atoms with E-state index in [-0.39, 0.29) is 37.2 Å². The second-order valence-corrected chi connectivity index (χ2v) is 8.20. The van der Waals surface area contributed by atoms with Gasteiger partial charge in [0.2, 0.25) is 5.91 Å². The molecule has 1 aliphatic heterocycles. The van der Waals surface area contributed by atoms with Crippen molar-refractivity contribution in [3.05, 3.63) is 83.7 Å². The predicted octanol–water partition coefficient (Wildman–Crippen LogP) is 3.47. The number of aromatic nitrogens is 1. The van der Waals surface area contributed by atoms with Gasteiger partial charge in [0, 0.05) is 24.7 Å². The summed E-state index contributed by atoms with van der Waals surface area (Å²) in [6.07, 6.45) is 2.40. The maximum atomic E-state index is 12.8. The first-order valence-corrected chi connectivity index (χ1v) is 11.5. The van der Waals surface area contributed by atoms with Crippen molar-refractivity contribution in [2.24, 2.45) is 0 Å². The quantitative estimate of drug-likeness (QED) is 0.453. The van der Waals surface area contributed by atoms with Crippen molar-refractivity contribution in [2.75, 3.05) is 24.7 Å². The molecule has 3 aromatic rings. The highest BCUT2D eigenvalue weighted by molar-refractivity contribution is 6.02. The van der Waals surface area contributed by atoms with Gasteiger partial charge in [-0.15, -0.1) is 0 Å². The molecule has 2 heterocycles. The minimum atomic E-state index is -0.216. The molecule has 2 amide bonds. The summed E-state index contributed by atoms with van der Waals surface area (Å²) in [6, 6.07) is 18.0. The average molecular weight is 474 g/mol. The van der Waals surface area contributed by atoms with Crippen LogP contribution in [0.2, 0.25) is 0 Å². The van der Waals surface area contributed by atoms with Gasteiger partial charge in [-0.3, -0.25) is 19.4 Å². The van der Waals surface area contributed by atoms with Gasteiger partial charge in [0.1, 0.15) is 11.5 Å². The van der Waals surface area contributed by atoms with Crippen molar-refractivity contribution in [3.8, 4) is 11.5 Å². The summed E-state index contributed by atoms with van der Waals surface area (Å²) in [7, 11) is 0. The maximum absolute atomic E-state index is 12.8. The monoisotopic (exact) mass is 473 g/mol. The van der Waals surface area contributed by atoms with E-state index < -0.39 is 0 Å². The van der Waals surface area contributed by atoms with Crippen molar-refractivity contribution in [1.82, 2.24) is 10.3 Å². The molecule has 0 bridgehead atoms. The lowest BCUT2D eigenvalue weighted by molar-refractivity contribution is -0.123. The lowest BCUT2D eigenvalue weighted by Gasteiger charge is -2.29. The molecule has 0 radical (unpaired) electrons. The normalized spacial score (nSPS) is 12.5. The first kappa shape index (κ1) is 23.9. The Bertz CT molecular complexity index is 1210. The molecular weight excluding hydrogens is 446 g/mol. The van der Waals surface area contributed by atoms with Gasteiger partial charge in [0.15, 0.2) is 19.0 Å². The zero-order valence-corrected chi connectivity index (χ0v) is 19.5. The summed E-state index contributed by atoms with van der Waals surface area (Å²) in [5.41, 5.74) is 2.67. The number of carbonyl (C=O) groups is 3. The fraction of sp³-hybridized carbons (Fsp3) is 0.259. The SMILES string of the molecule is Cc1ccccc1OCC(=O)c1ccc2c(c1)N(CCCC(=O)NCc1ccccn1)C(=O)CO2. The molecule has 1 aliphatic rings. The number of hydrogen-bond acceptors (Lipinski definition) is 6. The van der Waals surface area contributed by atoms with Crippen LogP contribution in [0.1, 0.15) is 34.5 Å². The van der Waals surface area contributed by atoms with E-state index in [1.165, 1.54) is 0 Å². The molecule has 0 saturated heterocycles. The van der Waals surface area contributed by atoms with Crippen LogP contribution in [0.3, 0.4) is 0 Å². The van der Waals surface area contributed by atoms with Crippen LogP contribution < -0.4 is 19.7 Å². The zero-order chi connectivity index (χ0) is 24.6. The number of carbonyl (C=O) groups excluding carboxylic acids is 3. The first-order valence-electron chi connectivity index (χ1n) is 11.5. The summed E-state index contributed by atoms with van der Waals surface area (Å²) >= 11 is 0. The van der Waals surface area contributed by atoms with Crippen LogP contribution in [-0.4, -0.2) is 42.3 Å². The zero-order valence-electron chi connectivity index (χ0n) is 19.5. The number of ketones is 1. The summed E-state index contributed by atoms with van der Waals surface area (Å²) in [6.45, 7) is 2.41. The Hall–Kier alpha value is -4.20. The van der Waals surface area contributed by atoms with Crippen molar-refractivity contribution >= 4 is 23.3 Å². The van der Waals surface area contributed by atoms with Crippen molar-refractivity contribution in [1.29, 1.82) is 0 Å². The topological polar surface area (TPSA) is 97.8 Å². The van der Waals surface area contributed by atoms with E-state index in [0.717, 1.165) is 11.3 Å². The largest absolute Gasteiger partial charge is 0.485 e. The molecule has 0 spiro atoms. The van der Waals surface area contributed by atoms with E-state index in [4.69, 9.17) is 9.47 Å². The van der Waals surface area contributed by atoms with Gasteiger partial charge in [-0.1, -0.05) is 24.3 Å². The molecule has 8 heteroatoms. The number of rotatable bonds is 10. The van der Waals surface area contributed by atoms with Crippen molar-refractivity contribution < 1.29 is 23.9 Å². The smallest absolute Gasteiger partial charge is 0.265 e. The van der Waals surface area contributed by atoms with Crippen LogP contribution in [0.4, 0.5) is 5.69 Å². The predicted molar refractivity (Wildman–Crippen MR) is 131 cm³/mol. The second kappa shape index (κ2) is 11.3. The van der Waals surface area contributed by atoms with E-state index in [2.05, 4.69) is 10.3 Å². The van der Waals surface area contributed by atoms with Crippen LogP contribution in [0.15, 0.2) is 66.9 Å². The summed E-state index contributed by atoms with van der Waals surface area (Å²) < 4.78 is 11.2. The van der Waals surface area contributed by atoms with E-state index in [1.54, 1.807) is 29.3 Å². The Labute approximate surface area is 203 Å². The molecule has 35 heavy (non-hydrogen) atoms. The van der Waals surface area contributed by atoms with Gasteiger partial charge in [-0.05, 0) is 55.3 Å². The first-order chi connectivity index (χ1) is 17.0. The number of para-hydroxylation sites is 1. The second-order valence-electron chi connectivity index (χ2n) is 8.20. The molecule has 0 unspecified atom stereocenters. The van der Waals surface area contributed by atoms with E-state index in [9.17, 15) is 14.4 Å². The number of ether oxygens (including phenoxy) is 2. The molecule has 1 aromatic heterocycles. The molecule has 0 saturated carbocycles. The highest BCUT2D eigenvalue weighted by Crippen LogP contribution is 2.33. The van der Waals surface area contributed by atoms with Gasteiger partial charge in [0.05, 0.1) is 17.9 Å². The molecule has 0 fully saturated rings. The summed E-state index contributed by atoms with van der Waals surface area (Å²) in [4.78, 5) is 43.3. The van der Waals surface area contributed by atoms with Crippen molar-refractivity contribution in [3.63, 3.8) is 0 Å². The molecule has 0 aliphatic carbocycles. The molecule has 8 nitrogen and oxygen atoms in total. The molecule has 180 valence electrons. The number of anilines is 1. The molecular formula is C27H27N3O5. The van der Waals surface area contributed by atoms with Gasteiger partial charge >= 0.3 is 0 Å². The number of hydrogen-bond donors (Lipinski definition) is 1. The van der Waals surface area contributed by atoms with Crippen LogP contribution in [0.25, 0.3) is 0 Å². The van der Waals surface area contributed by atoms with E-state index in [1.807, 2.05) is 49.4 Å². The number of Topliss-reactive ketones (excluding diaryl/α,β-unsaturated/α-hetero) is 1. The number of fused-ring (bicyclic) bond motifs is 1. The number of benzene rings is 2.